The second-order valence-corrected chi connectivity index (χ2v) is 4.36. The highest BCUT2D eigenvalue weighted by atomic mass is 16.4. The quantitative estimate of drug-likeness (QED) is 0.865. The number of carbonyl (C=O) groups is 1. The molecule has 100 valence electrons. The smallest absolute Gasteiger partial charge is 0.330 e. The molecule has 5 nitrogen and oxygen atoms in total. The summed E-state index contributed by atoms with van der Waals surface area (Å²) in [7, 11) is 0. The van der Waals surface area contributed by atoms with Gasteiger partial charge in [-0.05, 0) is 25.5 Å². The van der Waals surface area contributed by atoms with Gasteiger partial charge in [-0.25, -0.2) is 4.79 Å². The molecule has 0 spiro atoms. The molecule has 0 aliphatic rings. The molecule has 1 atom stereocenters. The van der Waals surface area contributed by atoms with Crippen molar-refractivity contribution < 1.29 is 9.90 Å². The Morgan fingerprint density at radius 2 is 2.21 bits per heavy atom. The molecule has 0 bridgehead atoms. The normalized spacial score (nSPS) is 12.1. The van der Waals surface area contributed by atoms with E-state index < -0.39 is 12.0 Å². The van der Waals surface area contributed by atoms with Crippen LogP contribution in [0.4, 0.5) is 5.69 Å². The number of aliphatic carboxylic acids is 1. The van der Waals surface area contributed by atoms with E-state index in [-0.39, 0.29) is 0 Å². The third-order valence-corrected chi connectivity index (χ3v) is 3.00. The highest BCUT2D eigenvalue weighted by Gasteiger charge is 2.21. The van der Waals surface area contributed by atoms with Gasteiger partial charge in [0.05, 0.1) is 6.20 Å². The molecule has 0 aliphatic carbocycles. The van der Waals surface area contributed by atoms with Gasteiger partial charge in [0.15, 0.2) is 6.04 Å². The largest absolute Gasteiger partial charge is 0.479 e. The average Bonchev–Trinajstić information content (AvgIpc) is 2.86. The van der Waals surface area contributed by atoms with Gasteiger partial charge in [-0.1, -0.05) is 18.2 Å². The second-order valence-electron chi connectivity index (χ2n) is 4.36. The van der Waals surface area contributed by atoms with E-state index in [0.29, 0.717) is 5.56 Å². The zero-order valence-electron chi connectivity index (χ0n) is 11.0. The minimum Gasteiger partial charge on any atom is -0.479 e. The molecule has 0 aliphatic heterocycles. The van der Waals surface area contributed by atoms with Crippen molar-refractivity contribution in [1.29, 1.82) is 0 Å². The summed E-state index contributed by atoms with van der Waals surface area (Å²) in [5.74, 6) is -0.918. The molecule has 0 fully saturated rings. The summed E-state index contributed by atoms with van der Waals surface area (Å²) in [6.45, 7) is 4.62. The first-order valence-electron chi connectivity index (χ1n) is 6.19. The van der Waals surface area contributed by atoms with E-state index in [1.807, 2.05) is 38.1 Å². The van der Waals surface area contributed by atoms with Crippen LogP contribution in [0.2, 0.25) is 0 Å². The van der Waals surface area contributed by atoms with E-state index in [1.165, 1.54) is 0 Å². The Bertz CT molecular complexity index is 578. The topological polar surface area (TPSA) is 67.2 Å². The Morgan fingerprint density at radius 1 is 1.47 bits per heavy atom. The molecule has 19 heavy (non-hydrogen) atoms. The Labute approximate surface area is 111 Å². The Balaban J connectivity index is 2.26. The highest BCUT2D eigenvalue weighted by molar-refractivity contribution is 5.79. The SMILES string of the molecule is CCn1cc(C(Nc2ccccc2C)C(=O)O)cn1. The van der Waals surface area contributed by atoms with Crippen molar-refractivity contribution in [2.45, 2.75) is 26.4 Å². The van der Waals surface area contributed by atoms with Crippen LogP contribution in [0.3, 0.4) is 0 Å². The highest BCUT2D eigenvalue weighted by Crippen LogP contribution is 2.22. The van der Waals surface area contributed by atoms with Crippen molar-refractivity contribution in [2.75, 3.05) is 5.32 Å². The Kier molecular flexibility index (Phi) is 3.85. The lowest BCUT2D eigenvalue weighted by molar-refractivity contribution is -0.138. The van der Waals surface area contributed by atoms with Gasteiger partial charge in [-0.3, -0.25) is 4.68 Å². The number of carboxylic acids is 1. The van der Waals surface area contributed by atoms with Gasteiger partial charge in [-0.2, -0.15) is 5.10 Å². The van der Waals surface area contributed by atoms with Crippen LogP contribution in [0.5, 0.6) is 0 Å². The fourth-order valence-electron chi connectivity index (χ4n) is 1.88. The molecule has 0 amide bonds. The van der Waals surface area contributed by atoms with Crippen LogP contribution >= 0.6 is 0 Å². The average molecular weight is 259 g/mol. The summed E-state index contributed by atoms with van der Waals surface area (Å²) < 4.78 is 1.71. The standard InChI is InChI=1S/C14H17N3O2/c1-3-17-9-11(8-15-17)13(14(18)19)16-12-7-5-4-6-10(12)2/h4-9,13,16H,3H2,1-2H3,(H,18,19). The van der Waals surface area contributed by atoms with Crippen molar-refractivity contribution in [2.24, 2.45) is 0 Å². The van der Waals surface area contributed by atoms with Gasteiger partial charge in [0.2, 0.25) is 0 Å². The van der Waals surface area contributed by atoms with Crippen LogP contribution in [-0.2, 0) is 11.3 Å². The second kappa shape index (κ2) is 5.56. The van der Waals surface area contributed by atoms with E-state index in [0.717, 1.165) is 17.8 Å². The molecule has 1 aromatic carbocycles. The zero-order chi connectivity index (χ0) is 13.8. The number of benzene rings is 1. The number of para-hydroxylation sites is 1. The van der Waals surface area contributed by atoms with Crippen molar-refractivity contribution >= 4 is 11.7 Å². The molecule has 2 aromatic rings. The molecule has 0 saturated heterocycles. The summed E-state index contributed by atoms with van der Waals surface area (Å²) in [6, 6.07) is 6.82. The van der Waals surface area contributed by atoms with Gasteiger partial charge in [0.1, 0.15) is 0 Å². The third-order valence-electron chi connectivity index (χ3n) is 3.00. The molecule has 0 saturated carbocycles. The van der Waals surface area contributed by atoms with E-state index in [2.05, 4.69) is 10.4 Å². The molecule has 1 aromatic heterocycles. The lowest BCUT2D eigenvalue weighted by Gasteiger charge is -2.16. The van der Waals surface area contributed by atoms with E-state index in [4.69, 9.17) is 0 Å². The number of carboxylic acid groups (broad SMARTS) is 1. The van der Waals surface area contributed by atoms with Gasteiger partial charge in [0, 0.05) is 24.0 Å². The van der Waals surface area contributed by atoms with Crippen molar-refractivity contribution in [3.63, 3.8) is 0 Å². The fraction of sp³-hybridized carbons (Fsp3) is 0.286. The van der Waals surface area contributed by atoms with Crippen molar-refractivity contribution in [1.82, 2.24) is 9.78 Å². The van der Waals surface area contributed by atoms with Crippen LogP contribution in [-0.4, -0.2) is 20.9 Å². The first-order valence-corrected chi connectivity index (χ1v) is 6.19. The van der Waals surface area contributed by atoms with Gasteiger partial charge in [0.25, 0.3) is 0 Å². The monoisotopic (exact) mass is 259 g/mol. The molecule has 1 heterocycles. The fourth-order valence-corrected chi connectivity index (χ4v) is 1.88. The van der Waals surface area contributed by atoms with Gasteiger partial charge >= 0.3 is 5.97 Å². The lowest BCUT2D eigenvalue weighted by atomic mass is 10.1. The minimum absolute atomic E-state index is 0.651. The maximum Gasteiger partial charge on any atom is 0.330 e. The minimum atomic E-state index is -0.918. The summed E-state index contributed by atoms with van der Waals surface area (Å²) >= 11 is 0. The first kappa shape index (κ1) is 13.1. The van der Waals surface area contributed by atoms with E-state index in [1.54, 1.807) is 17.1 Å². The van der Waals surface area contributed by atoms with Crippen molar-refractivity contribution in [3.05, 3.63) is 47.8 Å². The molecule has 2 N–H and O–H groups in total. The number of aromatic nitrogens is 2. The maximum absolute atomic E-state index is 11.4. The van der Waals surface area contributed by atoms with Crippen LogP contribution < -0.4 is 5.32 Å². The summed E-state index contributed by atoms with van der Waals surface area (Å²) in [5.41, 5.74) is 2.48. The zero-order valence-corrected chi connectivity index (χ0v) is 11.0. The van der Waals surface area contributed by atoms with Gasteiger partial charge < -0.3 is 10.4 Å². The predicted octanol–water partition coefficient (Wildman–Crippen LogP) is 2.45. The number of nitrogens with one attached hydrogen (secondary N) is 1. The summed E-state index contributed by atoms with van der Waals surface area (Å²) in [6.07, 6.45) is 3.34. The number of anilines is 1. The lowest BCUT2D eigenvalue weighted by Crippen LogP contribution is -2.20. The van der Waals surface area contributed by atoms with E-state index in [9.17, 15) is 9.90 Å². The number of rotatable bonds is 5. The molecule has 5 heteroatoms. The number of hydrogen-bond acceptors (Lipinski definition) is 3. The Hall–Kier alpha value is -2.30. The van der Waals surface area contributed by atoms with E-state index >= 15 is 0 Å². The molecular formula is C14H17N3O2. The number of hydrogen-bond donors (Lipinski definition) is 2. The predicted molar refractivity (Wildman–Crippen MR) is 73.1 cm³/mol. The van der Waals surface area contributed by atoms with Gasteiger partial charge in [-0.15, -0.1) is 0 Å². The molecular weight excluding hydrogens is 242 g/mol. The van der Waals surface area contributed by atoms with Crippen LogP contribution in [0.1, 0.15) is 24.1 Å². The third kappa shape index (κ3) is 2.93. The van der Waals surface area contributed by atoms with Crippen LogP contribution in [0.25, 0.3) is 0 Å². The molecule has 0 radical (unpaired) electrons. The molecule has 2 rings (SSSR count). The first-order chi connectivity index (χ1) is 9.11. The number of aryl methyl sites for hydroxylation is 2. The summed E-state index contributed by atoms with van der Waals surface area (Å²) in [4.78, 5) is 11.4. The molecule has 1 unspecified atom stereocenters. The van der Waals surface area contributed by atoms with Crippen LogP contribution in [0.15, 0.2) is 36.7 Å². The van der Waals surface area contributed by atoms with Crippen molar-refractivity contribution in [3.8, 4) is 0 Å². The number of nitrogens with zero attached hydrogens (tertiary/aromatic N) is 2. The Morgan fingerprint density at radius 3 is 2.79 bits per heavy atom. The maximum atomic E-state index is 11.4. The van der Waals surface area contributed by atoms with Crippen LogP contribution in [0, 0.1) is 6.92 Å². The summed E-state index contributed by atoms with van der Waals surface area (Å²) in [5, 5.41) is 16.5.